The van der Waals surface area contributed by atoms with Crippen molar-refractivity contribution in [2.45, 2.75) is 38.5 Å². The van der Waals surface area contributed by atoms with Crippen LogP contribution in [-0.2, 0) is 4.79 Å². The first-order chi connectivity index (χ1) is 15.4. The molecule has 172 valence electrons. The zero-order valence-corrected chi connectivity index (χ0v) is 19.4. The Kier molecular flexibility index (Phi) is 7.04. The molecule has 1 amide bonds. The van der Waals surface area contributed by atoms with Crippen LogP contribution in [0.3, 0.4) is 0 Å². The monoisotopic (exact) mass is 439 g/mol. The Hall–Kier alpha value is -2.54. The molecule has 7 heteroatoms. The standard InChI is InChI=1S/C25H34FN5O/c1-18-9-12-30(13-10-18)17-23(32)31-11-5-7-20(16-31)24-22(15-27-25(28-24)29(2)3)19-6-4-8-21(26)14-19/h4,6,8,14-15,18,20H,5,7,9-13,16-17H2,1-3H3/t20-/m1/s1. The Morgan fingerprint density at radius 1 is 1.19 bits per heavy atom. The van der Waals surface area contributed by atoms with Gasteiger partial charge in [-0.25, -0.2) is 14.4 Å². The maximum Gasteiger partial charge on any atom is 0.236 e. The molecule has 1 aromatic heterocycles. The highest BCUT2D eigenvalue weighted by atomic mass is 19.1. The fraction of sp³-hybridized carbons (Fsp3) is 0.560. The molecular weight excluding hydrogens is 405 g/mol. The van der Waals surface area contributed by atoms with E-state index in [2.05, 4.69) is 16.8 Å². The molecule has 2 aromatic rings. The van der Waals surface area contributed by atoms with E-state index < -0.39 is 0 Å². The first kappa shape index (κ1) is 22.6. The Morgan fingerprint density at radius 3 is 2.69 bits per heavy atom. The minimum absolute atomic E-state index is 0.106. The maximum absolute atomic E-state index is 13.9. The molecule has 0 saturated carbocycles. The summed E-state index contributed by atoms with van der Waals surface area (Å²) in [6, 6.07) is 6.58. The number of hydrogen-bond donors (Lipinski definition) is 0. The van der Waals surface area contributed by atoms with Crippen molar-refractivity contribution in [3.05, 3.63) is 42.0 Å². The molecule has 0 radical (unpaired) electrons. The molecule has 0 N–H and O–H groups in total. The molecule has 32 heavy (non-hydrogen) atoms. The van der Waals surface area contributed by atoms with Gasteiger partial charge in [0.1, 0.15) is 5.82 Å². The average Bonchev–Trinajstić information content (AvgIpc) is 2.80. The van der Waals surface area contributed by atoms with Crippen LogP contribution >= 0.6 is 0 Å². The van der Waals surface area contributed by atoms with Gasteiger partial charge in [0.15, 0.2) is 0 Å². The van der Waals surface area contributed by atoms with Crippen molar-refractivity contribution < 1.29 is 9.18 Å². The van der Waals surface area contributed by atoms with Crippen LogP contribution in [0.1, 0.15) is 44.2 Å². The van der Waals surface area contributed by atoms with Gasteiger partial charge < -0.3 is 9.80 Å². The molecule has 1 aromatic carbocycles. The second-order valence-electron chi connectivity index (χ2n) is 9.51. The summed E-state index contributed by atoms with van der Waals surface area (Å²) >= 11 is 0. The predicted molar refractivity (Wildman–Crippen MR) is 125 cm³/mol. The summed E-state index contributed by atoms with van der Waals surface area (Å²) in [5.41, 5.74) is 2.52. The number of carbonyl (C=O) groups excluding carboxylic acids is 1. The molecule has 2 aliphatic rings. The number of piperidine rings is 2. The quantitative estimate of drug-likeness (QED) is 0.710. The summed E-state index contributed by atoms with van der Waals surface area (Å²) < 4.78 is 13.9. The van der Waals surface area contributed by atoms with Gasteiger partial charge in [-0.2, -0.15) is 0 Å². The van der Waals surface area contributed by atoms with Crippen LogP contribution in [0.5, 0.6) is 0 Å². The molecule has 0 bridgehead atoms. The fourth-order valence-electron chi connectivity index (χ4n) is 4.73. The average molecular weight is 440 g/mol. The summed E-state index contributed by atoms with van der Waals surface area (Å²) in [5.74, 6) is 1.42. The molecule has 1 atom stereocenters. The molecule has 3 heterocycles. The number of rotatable bonds is 5. The lowest BCUT2D eigenvalue weighted by Crippen LogP contribution is -2.46. The molecule has 0 spiro atoms. The topological polar surface area (TPSA) is 52.6 Å². The molecule has 2 aliphatic heterocycles. The molecular formula is C25H34FN5O. The van der Waals surface area contributed by atoms with Crippen molar-refractivity contribution in [1.29, 1.82) is 0 Å². The highest BCUT2D eigenvalue weighted by Crippen LogP contribution is 2.34. The molecule has 4 rings (SSSR count). The normalized spacial score (nSPS) is 20.4. The van der Waals surface area contributed by atoms with E-state index in [9.17, 15) is 9.18 Å². The van der Waals surface area contributed by atoms with Gasteiger partial charge in [-0.15, -0.1) is 0 Å². The predicted octanol–water partition coefficient (Wildman–Crippen LogP) is 3.79. The van der Waals surface area contributed by atoms with E-state index in [0.29, 0.717) is 19.0 Å². The number of benzene rings is 1. The van der Waals surface area contributed by atoms with Crippen molar-refractivity contribution in [3.8, 4) is 11.1 Å². The zero-order chi connectivity index (χ0) is 22.7. The number of hydrogen-bond acceptors (Lipinski definition) is 5. The summed E-state index contributed by atoms with van der Waals surface area (Å²) in [7, 11) is 3.83. The van der Waals surface area contributed by atoms with Gasteiger partial charge in [0, 0.05) is 44.9 Å². The highest BCUT2D eigenvalue weighted by Gasteiger charge is 2.29. The molecule has 0 unspecified atom stereocenters. The van der Waals surface area contributed by atoms with Gasteiger partial charge in [-0.3, -0.25) is 9.69 Å². The lowest BCUT2D eigenvalue weighted by molar-refractivity contribution is -0.134. The molecule has 2 saturated heterocycles. The third-order valence-electron chi connectivity index (χ3n) is 6.74. The largest absolute Gasteiger partial charge is 0.347 e. The SMILES string of the molecule is CC1CCN(CC(=O)N2CCC[C@@H](c3nc(N(C)C)ncc3-c3cccc(F)c3)C2)CC1. The third kappa shape index (κ3) is 5.26. The number of aromatic nitrogens is 2. The van der Waals surface area contributed by atoms with Crippen LogP contribution in [0.25, 0.3) is 11.1 Å². The second-order valence-corrected chi connectivity index (χ2v) is 9.51. The van der Waals surface area contributed by atoms with Crippen LogP contribution in [0.4, 0.5) is 10.3 Å². The van der Waals surface area contributed by atoms with E-state index in [1.165, 1.54) is 25.0 Å². The number of halogens is 1. The van der Waals surface area contributed by atoms with Crippen LogP contribution in [0.2, 0.25) is 0 Å². The van der Waals surface area contributed by atoms with Crippen molar-refractivity contribution in [2.24, 2.45) is 5.92 Å². The number of amides is 1. The summed E-state index contributed by atoms with van der Waals surface area (Å²) in [6.07, 6.45) is 6.03. The van der Waals surface area contributed by atoms with Crippen LogP contribution in [0.15, 0.2) is 30.5 Å². The van der Waals surface area contributed by atoms with Gasteiger partial charge in [0.25, 0.3) is 0 Å². The van der Waals surface area contributed by atoms with Gasteiger partial charge in [-0.1, -0.05) is 19.1 Å². The van der Waals surface area contributed by atoms with Crippen LogP contribution in [0, 0.1) is 11.7 Å². The van der Waals surface area contributed by atoms with E-state index in [0.717, 1.165) is 55.2 Å². The Balaban J connectivity index is 1.55. The summed E-state index contributed by atoms with van der Waals surface area (Å²) in [4.78, 5) is 28.6. The van der Waals surface area contributed by atoms with Crippen LogP contribution in [-0.4, -0.2) is 72.5 Å². The fourth-order valence-corrected chi connectivity index (χ4v) is 4.73. The summed E-state index contributed by atoms with van der Waals surface area (Å²) in [5, 5.41) is 0. The van der Waals surface area contributed by atoms with Gasteiger partial charge in [0.05, 0.1) is 12.2 Å². The lowest BCUT2D eigenvalue weighted by atomic mass is 9.89. The van der Waals surface area contributed by atoms with Gasteiger partial charge in [-0.05, 0) is 62.4 Å². The number of carbonyl (C=O) groups is 1. The first-order valence-corrected chi connectivity index (χ1v) is 11.7. The molecule has 0 aliphatic carbocycles. The number of anilines is 1. The third-order valence-corrected chi connectivity index (χ3v) is 6.74. The molecule has 6 nitrogen and oxygen atoms in total. The van der Waals surface area contributed by atoms with Gasteiger partial charge >= 0.3 is 0 Å². The summed E-state index contributed by atoms with van der Waals surface area (Å²) in [6.45, 7) is 6.24. The van der Waals surface area contributed by atoms with E-state index in [1.807, 2.05) is 30.0 Å². The lowest BCUT2D eigenvalue weighted by Gasteiger charge is -2.36. The second kappa shape index (κ2) is 9.94. The van der Waals surface area contributed by atoms with E-state index in [1.54, 1.807) is 12.3 Å². The minimum Gasteiger partial charge on any atom is -0.347 e. The maximum atomic E-state index is 13.9. The Morgan fingerprint density at radius 2 is 1.97 bits per heavy atom. The zero-order valence-electron chi connectivity index (χ0n) is 19.4. The number of likely N-dealkylation sites (tertiary alicyclic amines) is 2. The van der Waals surface area contributed by atoms with Crippen LogP contribution < -0.4 is 4.90 Å². The van der Waals surface area contributed by atoms with E-state index in [4.69, 9.17) is 4.98 Å². The Labute approximate surface area is 190 Å². The number of nitrogens with zero attached hydrogens (tertiary/aromatic N) is 5. The first-order valence-electron chi connectivity index (χ1n) is 11.7. The van der Waals surface area contributed by atoms with Crippen molar-refractivity contribution in [1.82, 2.24) is 19.8 Å². The smallest absolute Gasteiger partial charge is 0.236 e. The Bertz CT molecular complexity index is 942. The van der Waals surface area contributed by atoms with Crippen molar-refractivity contribution in [2.75, 3.05) is 51.7 Å². The van der Waals surface area contributed by atoms with E-state index >= 15 is 0 Å². The minimum atomic E-state index is -0.276. The highest BCUT2D eigenvalue weighted by molar-refractivity contribution is 5.78. The van der Waals surface area contributed by atoms with Gasteiger partial charge in [0.2, 0.25) is 11.9 Å². The van der Waals surface area contributed by atoms with Crippen molar-refractivity contribution >= 4 is 11.9 Å². The van der Waals surface area contributed by atoms with E-state index in [-0.39, 0.29) is 17.6 Å². The van der Waals surface area contributed by atoms with Crippen molar-refractivity contribution in [3.63, 3.8) is 0 Å². The molecule has 2 fully saturated rings.